The van der Waals surface area contributed by atoms with Crippen LogP contribution in [0.1, 0.15) is 134 Å². The zero-order valence-electron chi connectivity index (χ0n) is 32.3. The molecule has 9 nitrogen and oxygen atoms in total. The highest BCUT2D eigenvalue weighted by Gasteiger charge is 2.47. The lowest BCUT2D eigenvalue weighted by atomic mass is 9.92. The Hall–Kier alpha value is -3.18. The van der Waals surface area contributed by atoms with Crippen LogP contribution in [0.4, 0.5) is 31.1 Å². The van der Waals surface area contributed by atoms with E-state index in [9.17, 15) is 48.0 Å². The molecule has 0 aliphatic rings. The molecule has 0 unspecified atom stereocenters. The van der Waals surface area contributed by atoms with E-state index in [-0.39, 0.29) is 6.09 Å². The van der Waals surface area contributed by atoms with Crippen LogP contribution >= 0.6 is 0 Å². The molecule has 1 amide bonds. The number of halogens is 6. The van der Waals surface area contributed by atoms with E-state index in [1.54, 1.807) is 0 Å². The van der Waals surface area contributed by atoms with Crippen molar-refractivity contribution < 1.29 is 57.3 Å². The van der Waals surface area contributed by atoms with Gasteiger partial charge in [-0.1, -0.05) is 108 Å². The number of benzene rings is 1. The summed E-state index contributed by atoms with van der Waals surface area (Å²) < 4.78 is 117. The Morgan fingerprint density at radius 2 is 1.29 bits per heavy atom. The second-order valence-corrected chi connectivity index (χ2v) is 17.3. The molecule has 0 saturated heterocycles. The smallest absolute Gasteiger partial charge is 0.450 e. The molecular formula is C38H57F6N3O6S2. The van der Waals surface area contributed by atoms with Crippen LogP contribution in [0.3, 0.4) is 0 Å². The Morgan fingerprint density at radius 3 is 1.84 bits per heavy atom. The SMILES string of the molecule is C=C(C)c1cccc(C(C)(C)NC(=O)OCCCCCCCCCC[n+]2ccccc2CCCCCCCC)c1.O=S(=O)([N-]S(=O)(=O)C(F)(F)F)C(F)(F)F. The number of rotatable bonds is 23. The van der Waals surface area contributed by atoms with E-state index in [1.165, 1.54) is 89.2 Å². The van der Waals surface area contributed by atoms with Gasteiger partial charge in [0, 0.05) is 25.0 Å². The van der Waals surface area contributed by atoms with E-state index >= 15 is 0 Å². The summed E-state index contributed by atoms with van der Waals surface area (Å²) >= 11 is 0. The summed E-state index contributed by atoms with van der Waals surface area (Å²) in [7, 11) is -13.4. The summed E-state index contributed by atoms with van der Waals surface area (Å²) in [5.41, 5.74) is -8.27. The first kappa shape index (κ1) is 49.8. The molecule has 1 aromatic heterocycles. The zero-order chi connectivity index (χ0) is 41.8. The molecule has 314 valence electrons. The lowest BCUT2D eigenvalue weighted by Crippen LogP contribution is -2.41. The van der Waals surface area contributed by atoms with E-state index in [1.807, 2.05) is 39.0 Å². The van der Waals surface area contributed by atoms with E-state index in [2.05, 4.69) is 53.8 Å². The molecule has 0 atom stereocenters. The number of sulfonamides is 2. The molecule has 2 aromatic rings. The maximum absolute atomic E-state index is 12.4. The van der Waals surface area contributed by atoms with Crippen LogP contribution in [0.25, 0.3) is 9.70 Å². The predicted octanol–water partition coefficient (Wildman–Crippen LogP) is 10.8. The third-order valence-corrected chi connectivity index (χ3v) is 11.4. The Bertz CT molecular complexity index is 1640. The maximum atomic E-state index is 12.4. The highest BCUT2D eigenvalue weighted by molar-refractivity contribution is 8.13. The number of carbonyl (C=O) groups excluding carboxylic acids is 1. The summed E-state index contributed by atoms with van der Waals surface area (Å²) in [4.78, 5) is 12.4. The fourth-order valence-corrected chi connectivity index (χ4v) is 7.11. The fourth-order valence-electron chi connectivity index (χ4n) is 5.40. The van der Waals surface area contributed by atoms with Crippen LogP contribution in [0.15, 0.2) is 55.2 Å². The largest absolute Gasteiger partial charge is 0.480 e. The van der Waals surface area contributed by atoms with Crippen LogP contribution in [0, 0.1) is 0 Å². The van der Waals surface area contributed by atoms with Crippen LogP contribution in [0.5, 0.6) is 0 Å². The number of amides is 1. The summed E-state index contributed by atoms with van der Waals surface area (Å²) in [5, 5.41) is 3.01. The van der Waals surface area contributed by atoms with Crippen molar-refractivity contribution in [2.75, 3.05) is 6.61 Å². The van der Waals surface area contributed by atoms with Gasteiger partial charge in [-0.05, 0) is 57.2 Å². The first-order valence-electron chi connectivity index (χ1n) is 18.6. The number of hydrogen-bond donors (Lipinski definition) is 1. The van der Waals surface area contributed by atoms with Gasteiger partial charge < -0.3 is 14.2 Å². The Labute approximate surface area is 323 Å². The van der Waals surface area contributed by atoms with E-state index in [0.717, 1.165) is 40.2 Å². The van der Waals surface area contributed by atoms with Gasteiger partial charge in [-0.2, -0.15) is 26.3 Å². The molecule has 55 heavy (non-hydrogen) atoms. The first-order valence-corrected chi connectivity index (χ1v) is 21.5. The molecule has 0 bridgehead atoms. The van der Waals surface area contributed by atoms with Gasteiger partial charge in [-0.25, -0.2) is 26.2 Å². The van der Waals surface area contributed by atoms with Crippen molar-refractivity contribution in [3.05, 3.63) is 76.2 Å². The number of hydrogen-bond acceptors (Lipinski definition) is 6. The highest BCUT2D eigenvalue weighted by Crippen LogP contribution is 2.36. The number of allylic oxidation sites excluding steroid dienone is 1. The van der Waals surface area contributed by atoms with Crippen LogP contribution in [0.2, 0.25) is 0 Å². The molecule has 17 heteroatoms. The zero-order valence-corrected chi connectivity index (χ0v) is 33.9. The molecule has 1 N–H and O–H groups in total. The highest BCUT2D eigenvalue weighted by atomic mass is 32.3. The average Bonchev–Trinajstić information content (AvgIpc) is 3.08. The Balaban J connectivity index is 0.000000848. The number of alkyl halides is 6. The quantitative estimate of drug-likeness (QED) is 0.0675. The number of carbonyl (C=O) groups is 1. The number of aromatic nitrogens is 1. The second-order valence-electron chi connectivity index (χ2n) is 13.9. The van der Waals surface area contributed by atoms with Gasteiger partial charge in [0.15, 0.2) is 31.9 Å². The lowest BCUT2D eigenvalue weighted by Gasteiger charge is -2.27. The number of unbranched alkanes of at least 4 members (excludes halogenated alkanes) is 12. The minimum Gasteiger partial charge on any atom is -0.450 e. The summed E-state index contributed by atoms with van der Waals surface area (Å²) in [5.74, 6) is 0. The number of nitrogens with zero attached hydrogens (tertiary/aromatic N) is 2. The predicted molar refractivity (Wildman–Crippen MR) is 203 cm³/mol. The van der Waals surface area contributed by atoms with Crippen LogP contribution in [-0.4, -0.2) is 40.6 Å². The molecule has 0 radical (unpaired) electrons. The maximum Gasteiger partial charge on any atom is 0.480 e. The van der Waals surface area contributed by atoms with Gasteiger partial charge in [-0.3, -0.25) is 0 Å². The van der Waals surface area contributed by atoms with Crippen molar-refractivity contribution in [3.63, 3.8) is 0 Å². The molecular weight excluding hydrogens is 773 g/mol. The minimum atomic E-state index is -6.72. The molecule has 1 heterocycles. The van der Waals surface area contributed by atoms with Gasteiger partial charge in [0.25, 0.3) is 0 Å². The van der Waals surface area contributed by atoms with Crippen LogP contribution in [-0.2, 0) is 43.3 Å². The third kappa shape index (κ3) is 19.5. The number of ether oxygens (including phenoxy) is 1. The standard InChI is InChI=1S/C36H56N2O2.C2F6NO4S2/c1-6-7-8-9-14-17-25-34-26-18-20-28-38(34)27-19-15-12-10-11-13-16-21-29-40-35(39)37-36(4,5)33-24-22-23-32(30-33)31(2)3;3-1(4,5)14(10,11)9-15(12,13)2(6,7)8/h18,20,22-24,26,28,30H,2,6-17,19,21,25,27,29H2,1,3-5H3;/q;-1/p+1. The summed E-state index contributed by atoms with van der Waals surface area (Å²) in [6.45, 7) is 13.9. The van der Waals surface area contributed by atoms with Crippen molar-refractivity contribution in [2.45, 2.75) is 147 Å². The molecule has 0 saturated carbocycles. The minimum absolute atomic E-state index is 0.350. The fraction of sp³-hybridized carbons (Fsp3) is 0.632. The molecule has 0 fully saturated rings. The molecule has 0 spiro atoms. The van der Waals surface area contributed by atoms with Crippen molar-refractivity contribution in [1.82, 2.24) is 5.32 Å². The monoisotopic (exact) mass is 829 g/mol. The molecule has 0 aliphatic heterocycles. The molecule has 0 aliphatic carbocycles. The Kier molecular flexibility index (Phi) is 21.6. The summed E-state index contributed by atoms with van der Waals surface area (Å²) in [6, 6.07) is 14.8. The van der Waals surface area contributed by atoms with Crippen LogP contribution < -0.4 is 9.88 Å². The number of nitrogens with one attached hydrogen (secondary N) is 1. The third-order valence-electron chi connectivity index (χ3n) is 8.62. The first-order chi connectivity index (χ1) is 25.5. The van der Waals surface area contributed by atoms with E-state index in [0.29, 0.717) is 6.61 Å². The van der Waals surface area contributed by atoms with Gasteiger partial charge >= 0.3 is 17.1 Å². The summed E-state index contributed by atoms with van der Waals surface area (Å²) in [6.07, 6.45) is 20.9. The van der Waals surface area contributed by atoms with Crippen molar-refractivity contribution in [3.8, 4) is 0 Å². The van der Waals surface area contributed by atoms with Crippen molar-refractivity contribution in [1.29, 1.82) is 0 Å². The van der Waals surface area contributed by atoms with Gasteiger partial charge in [0.05, 0.1) is 12.1 Å². The lowest BCUT2D eigenvalue weighted by molar-refractivity contribution is -0.704. The van der Waals surface area contributed by atoms with E-state index < -0.39 is 36.6 Å². The van der Waals surface area contributed by atoms with Gasteiger partial charge in [0.2, 0.25) is 0 Å². The number of aryl methyl sites for hydroxylation is 2. The normalized spacial score (nSPS) is 12.5. The van der Waals surface area contributed by atoms with Crippen molar-refractivity contribution in [2.24, 2.45) is 0 Å². The molecule has 1 aromatic carbocycles. The Morgan fingerprint density at radius 1 is 0.764 bits per heavy atom. The van der Waals surface area contributed by atoms with Gasteiger partial charge in [-0.15, -0.1) is 0 Å². The molecule has 2 rings (SSSR count). The van der Waals surface area contributed by atoms with E-state index in [4.69, 9.17) is 4.74 Å². The number of pyridine rings is 1. The topological polar surface area (TPSA) is 125 Å². The second kappa shape index (κ2) is 23.8. The average molecular weight is 830 g/mol. The van der Waals surface area contributed by atoms with Crippen molar-refractivity contribution >= 4 is 31.7 Å². The number of alkyl carbamates (subject to hydrolysis) is 1. The van der Waals surface area contributed by atoms with Gasteiger partial charge in [0.1, 0.15) is 6.54 Å².